The van der Waals surface area contributed by atoms with Crippen LogP contribution in [0.5, 0.6) is 0 Å². The summed E-state index contributed by atoms with van der Waals surface area (Å²) in [7, 11) is 0. The third kappa shape index (κ3) is 4.53. The van der Waals surface area contributed by atoms with Crippen LogP contribution in [0.3, 0.4) is 0 Å². The molecule has 0 saturated heterocycles. The quantitative estimate of drug-likeness (QED) is 0.227. The van der Waals surface area contributed by atoms with Crippen LogP contribution in [-0.2, 0) is 17.8 Å². The van der Waals surface area contributed by atoms with Gasteiger partial charge in [0.05, 0.1) is 0 Å². The van der Waals surface area contributed by atoms with E-state index in [4.69, 9.17) is 5.21 Å². The minimum absolute atomic E-state index is 0.348. The molecule has 26 heavy (non-hydrogen) atoms. The average Bonchev–Trinajstić information content (AvgIpc) is 3.12. The summed E-state index contributed by atoms with van der Waals surface area (Å²) in [5.41, 5.74) is 4.56. The number of hydrogen-bond donors (Lipinski definition) is 4. The maximum atomic E-state index is 14.1. The number of pyridine rings is 1. The fourth-order valence-electron chi connectivity index (χ4n) is 2.60. The highest BCUT2D eigenvalue weighted by Gasteiger charge is 2.04. The van der Waals surface area contributed by atoms with Crippen LogP contribution >= 0.6 is 0 Å². The van der Waals surface area contributed by atoms with E-state index in [1.165, 1.54) is 17.6 Å². The van der Waals surface area contributed by atoms with E-state index in [0.29, 0.717) is 24.2 Å². The lowest BCUT2D eigenvalue weighted by molar-refractivity contribution is -0.124. The molecule has 0 unspecified atom stereocenters. The second-order valence-electron chi connectivity index (χ2n) is 5.85. The van der Waals surface area contributed by atoms with Gasteiger partial charge in [-0.1, -0.05) is 12.1 Å². The van der Waals surface area contributed by atoms with Crippen molar-refractivity contribution in [2.24, 2.45) is 0 Å². The number of hydroxylamine groups is 1. The lowest BCUT2D eigenvalue weighted by Gasteiger charge is -2.07. The molecule has 3 aromatic rings. The number of nitrogens with one attached hydrogen (secondary N) is 3. The Morgan fingerprint density at radius 3 is 3.00 bits per heavy atom. The normalized spacial score (nSPS) is 11.3. The fraction of sp³-hybridized carbons (Fsp3) is 0.158. The zero-order chi connectivity index (χ0) is 18.4. The number of fused-ring (bicyclic) bond motifs is 1. The van der Waals surface area contributed by atoms with Crippen molar-refractivity contribution in [3.05, 3.63) is 71.3 Å². The average molecular weight is 354 g/mol. The first kappa shape index (κ1) is 17.8. The Labute approximate surface area is 149 Å². The van der Waals surface area contributed by atoms with Crippen LogP contribution in [0.25, 0.3) is 17.1 Å². The number of carbonyl (C=O) groups is 1. The van der Waals surface area contributed by atoms with Crippen molar-refractivity contribution in [2.45, 2.75) is 13.0 Å². The molecule has 2 aromatic heterocycles. The third-order valence-electron chi connectivity index (χ3n) is 3.98. The van der Waals surface area contributed by atoms with Crippen LogP contribution in [0.15, 0.2) is 48.8 Å². The number of aromatic amines is 1. The van der Waals surface area contributed by atoms with Gasteiger partial charge >= 0.3 is 0 Å². The summed E-state index contributed by atoms with van der Waals surface area (Å²) in [6, 6.07) is 8.80. The highest BCUT2D eigenvalue weighted by molar-refractivity contribution is 5.90. The number of H-pyrrole nitrogens is 1. The molecule has 0 bridgehead atoms. The summed E-state index contributed by atoms with van der Waals surface area (Å²) in [5.74, 6) is -1.01. The van der Waals surface area contributed by atoms with Gasteiger partial charge in [0.2, 0.25) is 0 Å². The summed E-state index contributed by atoms with van der Waals surface area (Å²) in [6.45, 7) is 1.11. The number of hydrogen-bond acceptors (Lipinski definition) is 4. The predicted octanol–water partition coefficient (Wildman–Crippen LogP) is 2.55. The highest BCUT2D eigenvalue weighted by Crippen LogP contribution is 2.13. The minimum atomic E-state index is -0.663. The molecule has 0 aliphatic rings. The molecule has 0 aliphatic carbocycles. The fourth-order valence-corrected chi connectivity index (χ4v) is 2.60. The first-order chi connectivity index (χ1) is 12.7. The monoisotopic (exact) mass is 354 g/mol. The van der Waals surface area contributed by atoms with Gasteiger partial charge in [-0.3, -0.25) is 10.0 Å². The Hall–Kier alpha value is -3.03. The third-order valence-corrected chi connectivity index (χ3v) is 3.98. The number of nitrogens with zero attached hydrogens (tertiary/aromatic N) is 1. The van der Waals surface area contributed by atoms with Gasteiger partial charge in [0, 0.05) is 36.0 Å². The Morgan fingerprint density at radius 1 is 1.31 bits per heavy atom. The van der Waals surface area contributed by atoms with Gasteiger partial charge in [-0.05, 0) is 48.4 Å². The molecule has 3 rings (SSSR count). The summed E-state index contributed by atoms with van der Waals surface area (Å²) in [6.07, 6.45) is 7.05. The lowest BCUT2D eigenvalue weighted by Crippen LogP contribution is -2.17. The second kappa shape index (κ2) is 8.37. The maximum Gasteiger partial charge on any atom is 0.267 e. The van der Waals surface area contributed by atoms with E-state index in [2.05, 4.69) is 21.4 Å². The van der Waals surface area contributed by atoms with E-state index in [0.717, 1.165) is 29.1 Å². The van der Waals surface area contributed by atoms with Crippen molar-refractivity contribution in [2.75, 3.05) is 6.54 Å². The van der Waals surface area contributed by atoms with Crippen LogP contribution in [0.2, 0.25) is 0 Å². The molecule has 0 spiro atoms. The molecule has 4 N–H and O–H groups in total. The minimum Gasteiger partial charge on any atom is -0.346 e. The summed E-state index contributed by atoms with van der Waals surface area (Å²) in [5, 5.41) is 12.7. The predicted molar refractivity (Wildman–Crippen MR) is 96.9 cm³/mol. The lowest BCUT2D eigenvalue weighted by atomic mass is 10.1. The number of halogens is 1. The zero-order valence-corrected chi connectivity index (χ0v) is 14.0. The molecule has 0 aliphatic heterocycles. The Bertz CT molecular complexity index is 936. The largest absolute Gasteiger partial charge is 0.346 e. The SMILES string of the molecule is O=C(/C=C/c1ccc(CNCCc2cnc3[nH]ccc3c2)c(F)c1)NO. The number of amides is 1. The molecule has 6 nitrogen and oxygen atoms in total. The van der Waals surface area contributed by atoms with Gasteiger partial charge in [0.25, 0.3) is 5.91 Å². The van der Waals surface area contributed by atoms with Crippen LogP contribution < -0.4 is 10.8 Å². The molecule has 0 radical (unpaired) electrons. The van der Waals surface area contributed by atoms with Crippen molar-refractivity contribution in [3.63, 3.8) is 0 Å². The molecule has 0 atom stereocenters. The van der Waals surface area contributed by atoms with Crippen molar-refractivity contribution in [3.8, 4) is 0 Å². The maximum absolute atomic E-state index is 14.1. The summed E-state index contributed by atoms with van der Waals surface area (Å²) >= 11 is 0. The van der Waals surface area contributed by atoms with Gasteiger partial charge in [-0.15, -0.1) is 0 Å². The molecule has 0 saturated carbocycles. The van der Waals surface area contributed by atoms with E-state index < -0.39 is 5.91 Å². The van der Waals surface area contributed by atoms with Crippen LogP contribution in [0.4, 0.5) is 4.39 Å². The van der Waals surface area contributed by atoms with E-state index in [9.17, 15) is 9.18 Å². The van der Waals surface area contributed by atoms with Crippen LogP contribution in [0.1, 0.15) is 16.7 Å². The van der Waals surface area contributed by atoms with Gasteiger partial charge in [-0.25, -0.2) is 14.9 Å². The van der Waals surface area contributed by atoms with Crippen LogP contribution in [0, 0.1) is 5.82 Å². The molecule has 1 amide bonds. The van der Waals surface area contributed by atoms with Crippen LogP contribution in [-0.4, -0.2) is 27.6 Å². The van der Waals surface area contributed by atoms with E-state index in [1.54, 1.807) is 12.1 Å². The van der Waals surface area contributed by atoms with Crippen molar-refractivity contribution in [1.82, 2.24) is 20.8 Å². The summed E-state index contributed by atoms with van der Waals surface area (Å²) < 4.78 is 14.1. The van der Waals surface area contributed by atoms with E-state index in [1.807, 2.05) is 18.5 Å². The molecular formula is C19H19FN4O2. The molecule has 1 aromatic carbocycles. The van der Waals surface area contributed by atoms with Gasteiger partial charge < -0.3 is 10.3 Å². The van der Waals surface area contributed by atoms with Gasteiger partial charge in [0.1, 0.15) is 11.5 Å². The Balaban J connectivity index is 1.51. The Morgan fingerprint density at radius 2 is 2.19 bits per heavy atom. The molecule has 2 heterocycles. The number of rotatable bonds is 7. The number of aromatic nitrogens is 2. The molecular weight excluding hydrogens is 335 g/mol. The number of carbonyl (C=O) groups excluding carboxylic acids is 1. The first-order valence-electron chi connectivity index (χ1n) is 8.19. The molecule has 134 valence electrons. The van der Waals surface area contributed by atoms with Gasteiger partial charge in [-0.2, -0.15) is 0 Å². The van der Waals surface area contributed by atoms with E-state index in [-0.39, 0.29) is 5.82 Å². The first-order valence-corrected chi connectivity index (χ1v) is 8.19. The smallest absolute Gasteiger partial charge is 0.267 e. The van der Waals surface area contributed by atoms with Crippen molar-refractivity contribution in [1.29, 1.82) is 0 Å². The number of benzene rings is 1. The standard InChI is InChI=1S/C19H19FN4O2/c20-17-10-13(2-4-18(25)24-26)1-3-16(17)12-21-7-5-14-9-15-6-8-22-19(15)23-11-14/h1-4,6,8-11,21,26H,5,7,12H2,(H,22,23)(H,24,25)/b4-2+. The zero-order valence-electron chi connectivity index (χ0n) is 14.0. The second-order valence-corrected chi connectivity index (χ2v) is 5.85. The molecule has 0 fully saturated rings. The topological polar surface area (TPSA) is 90.0 Å². The van der Waals surface area contributed by atoms with Crippen molar-refractivity contribution >= 4 is 23.0 Å². The Kier molecular flexibility index (Phi) is 5.73. The van der Waals surface area contributed by atoms with Gasteiger partial charge in [0.15, 0.2) is 0 Å². The molecule has 7 heteroatoms. The van der Waals surface area contributed by atoms with E-state index >= 15 is 0 Å². The highest BCUT2D eigenvalue weighted by atomic mass is 19.1. The summed E-state index contributed by atoms with van der Waals surface area (Å²) in [4.78, 5) is 18.3. The van der Waals surface area contributed by atoms with Crippen molar-refractivity contribution < 1.29 is 14.4 Å².